The van der Waals surface area contributed by atoms with Gasteiger partial charge in [0.2, 0.25) is 0 Å². The van der Waals surface area contributed by atoms with E-state index in [1.807, 2.05) is 86.6 Å². The number of benzene rings is 3. The third-order valence-corrected chi connectivity index (χ3v) is 6.22. The van der Waals surface area contributed by atoms with Gasteiger partial charge >= 0.3 is 0 Å². The van der Waals surface area contributed by atoms with Crippen LogP contribution in [0.2, 0.25) is 0 Å². The molecule has 4 rings (SSSR count). The molecule has 4 aromatic rings. The number of amides is 1. The highest BCUT2D eigenvalue weighted by Gasteiger charge is 2.30. The van der Waals surface area contributed by atoms with Gasteiger partial charge in [-0.25, -0.2) is 4.39 Å². The summed E-state index contributed by atoms with van der Waals surface area (Å²) in [6.45, 7) is 13.4. The number of rotatable bonds is 8. The van der Waals surface area contributed by atoms with Gasteiger partial charge in [-0.15, -0.1) is 0 Å². The molecule has 1 heterocycles. The number of anilines is 1. The lowest BCUT2D eigenvalue weighted by atomic mass is 9.94. The smallest absolute Gasteiger partial charge is 0.258 e. The predicted molar refractivity (Wildman–Crippen MR) is 155 cm³/mol. The fraction of sp³-hybridized carbons (Fsp3) is 0.303. The van der Waals surface area contributed by atoms with Crippen LogP contribution in [0.3, 0.4) is 0 Å². The zero-order valence-corrected chi connectivity index (χ0v) is 22.9. The van der Waals surface area contributed by atoms with E-state index in [-0.39, 0.29) is 17.6 Å². The minimum absolute atomic E-state index is 0.107. The van der Waals surface area contributed by atoms with Crippen LogP contribution < -0.4 is 5.32 Å². The first-order chi connectivity index (χ1) is 17.9. The van der Waals surface area contributed by atoms with Crippen molar-refractivity contribution in [2.24, 2.45) is 5.92 Å². The lowest BCUT2D eigenvalue weighted by Gasteiger charge is -2.18. The number of aromatic nitrogens is 1. The van der Waals surface area contributed by atoms with E-state index in [9.17, 15) is 9.18 Å². The molecule has 0 aliphatic rings. The van der Waals surface area contributed by atoms with Crippen LogP contribution in [-0.2, 0) is 6.54 Å². The maximum absolute atomic E-state index is 13.9. The Balaban J connectivity index is 0.00000186. The second-order valence-electron chi connectivity index (χ2n) is 9.67. The molecule has 0 aliphatic carbocycles. The van der Waals surface area contributed by atoms with Gasteiger partial charge in [-0.1, -0.05) is 90.1 Å². The van der Waals surface area contributed by atoms with Gasteiger partial charge in [-0.3, -0.25) is 4.79 Å². The predicted octanol–water partition coefficient (Wildman–Crippen LogP) is 9.41. The summed E-state index contributed by atoms with van der Waals surface area (Å²) in [4.78, 5) is 13.9. The Morgan fingerprint density at radius 2 is 1.38 bits per heavy atom. The van der Waals surface area contributed by atoms with Crippen LogP contribution >= 0.6 is 0 Å². The van der Waals surface area contributed by atoms with E-state index in [0.717, 1.165) is 46.7 Å². The molecular weight excluding hydrogens is 459 g/mol. The normalized spacial score (nSPS) is 10.8. The minimum Gasteiger partial charge on any atom is -0.343 e. The van der Waals surface area contributed by atoms with Crippen LogP contribution in [0.25, 0.3) is 22.4 Å². The maximum atomic E-state index is 13.9. The highest BCUT2D eigenvalue weighted by molar-refractivity contribution is 6.12. The Morgan fingerprint density at radius 3 is 1.92 bits per heavy atom. The number of para-hydroxylation sites is 1. The van der Waals surface area contributed by atoms with Crippen molar-refractivity contribution >= 4 is 11.6 Å². The molecule has 0 saturated heterocycles. The van der Waals surface area contributed by atoms with Gasteiger partial charge in [0.1, 0.15) is 5.82 Å². The Labute approximate surface area is 221 Å². The summed E-state index contributed by atoms with van der Waals surface area (Å²) in [7, 11) is 0. The van der Waals surface area contributed by atoms with Crippen molar-refractivity contribution in [2.45, 2.75) is 60.4 Å². The number of carbonyl (C=O) groups excluding carboxylic acids is 1. The summed E-state index contributed by atoms with van der Waals surface area (Å²) in [5.41, 5.74) is 6.14. The monoisotopic (exact) mass is 498 g/mol. The van der Waals surface area contributed by atoms with Gasteiger partial charge in [0.15, 0.2) is 0 Å². The summed E-state index contributed by atoms with van der Waals surface area (Å²) in [5, 5.41) is 3.12. The fourth-order valence-electron chi connectivity index (χ4n) is 4.60. The van der Waals surface area contributed by atoms with Gasteiger partial charge in [-0.05, 0) is 65.8 Å². The minimum atomic E-state index is -0.276. The zero-order chi connectivity index (χ0) is 26.9. The first kappa shape index (κ1) is 27.9. The van der Waals surface area contributed by atoms with Crippen molar-refractivity contribution in [3.8, 4) is 22.4 Å². The third-order valence-electron chi connectivity index (χ3n) is 6.22. The molecule has 0 saturated carbocycles. The van der Waals surface area contributed by atoms with Crippen LogP contribution in [0.15, 0.2) is 84.9 Å². The standard InChI is InChI=1S/C31H33FN2O.C2H6/c1-21(2)19-20-34-29(22(3)4)28(31(35)33-26-13-9-6-10-14-26)27(23-11-7-5-8-12-23)30(34)24-15-17-25(32)18-16-24;1-2/h5-18,21-22H,19-20H2,1-4H3,(H,33,35);1-2H3. The summed E-state index contributed by atoms with van der Waals surface area (Å²) in [5.74, 6) is 0.197. The van der Waals surface area contributed by atoms with Gasteiger partial charge in [-0.2, -0.15) is 0 Å². The maximum Gasteiger partial charge on any atom is 0.258 e. The molecule has 1 amide bonds. The van der Waals surface area contributed by atoms with Crippen LogP contribution in [0.5, 0.6) is 0 Å². The Morgan fingerprint density at radius 1 is 0.811 bits per heavy atom. The molecule has 1 aromatic heterocycles. The van der Waals surface area contributed by atoms with Crippen molar-refractivity contribution in [1.29, 1.82) is 0 Å². The Kier molecular flexibility index (Phi) is 9.85. The van der Waals surface area contributed by atoms with E-state index in [4.69, 9.17) is 0 Å². The molecular formula is C33H39FN2O. The summed E-state index contributed by atoms with van der Waals surface area (Å²) >= 11 is 0. The van der Waals surface area contributed by atoms with E-state index < -0.39 is 0 Å². The number of halogens is 1. The second kappa shape index (κ2) is 13.0. The third kappa shape index (κ3) is 6.56. The molecule has 0 spiro atoms. The SMILES string of the molecule is CC.CC(C)CCn1c(-c2ccc(F)cc2)c(-c2ccccc2)c(C(=O)Nc2ccccc2)c1C(C)C. The van der Waals surface area contributed by atoms with Gasteiger partial charge in [0.05, 0.1) is 11.3 Å². The molecule has 1 N–H and O–H groups in total. The topological polar surface area (TPSA) is 34.0 Å². The van der Waals surface area contributed by atoms with Crippen molar-refractivity contribution < 1.29 is 9.18 Å². The van der Waals surface area contributed by atoms with Crippen molar-refractivity contribution in [1.82, 2.24) is 4.57 Å². The van der Waals surface area contributed by atoms with Crippen LogP contribution in [-0.4, -0.2) is 10.5 Å². The lowest BCUT2D eigenvalue weighted by molar-refractivity contribution is 0.102. The van der Waals surface area contributed by atoms with E-state index in [1.54, 1.807) is 0 Å². The first-order valence-electron chi connectivity index (χ1n) is 13.3. The fourth-order valence-corrected chi connectivity index (χ4v) is 4.60. The second-order valence-corrected chi connectivity index (χ2v) is 9.67. The molecule has 0 aliphatic heterocycles. The van der Waals surface area contributed by atoms with Crippen molar-refractivity contribution in [3.63, 3.8) is 0 Å². The molecule has 0 atom stereocenters. The molecule has 0 fully saturated rings. The molecule has 0 radical (unpaired) electrons. The molecule has 37 heavy (non-hydrogen) atoms. The number of hydrogen-bond donors (Lipinski definition) is 1. The molecule has 0 bridgehead atoms. The van der Waals surface area contributed by atoms with Crippen molar-refractivity contribution in [3.05, 3.63) is 102 Å². The van der Waals surface area contributed by atoms with Crippen LogP contribution in [0, 0.1) is 11.7 Å². The van der Waals surface area contributed by atoms with E-state index in [0.29, 0.717) is 11.5 Å². The quantitative estimate of drug-likeness (QED) is 0.258. The highest BCUT2D eigenvalue weighted by atomic mass is 19.1. The van der Waals surface area contributed by atoms with Gasteiger partial charge in [0.25, 0.3) is 5.91 Å². The Hall–Kier alpha value is -3.66. The molecule has 3 aromatic carbocycles. The van der Waals surface area contributed by atoms with Gasteiger partial charge in [0, 0.05) is 23.5 Å². The lowest BCUT2D eigenvalue weighted by Crippen LogP contribution is -2.16. The number of carbonyl (C=O) groups is 1. The van der Waals surface area contributed by atoms with E-state index in [2.05, 4.69) is 37.6 Å². The molecule has 3 nitrogen and oxygen atoms in total. The molecule has 4 heteroatoms. The summed E-state index contributed by atoms with van der Waals surface area (Å²) in [6.07, 6.45) is 0.969. The zero-order valence-electron chi connectivity index (χ0n) is 22.9. The summed E-state index contributed by atoms with van der Waals surface area (Å²) < 4.78 is 16.2. The average molecular weight is 499 g/mol. The first-order valence-corrected chi connectivity index (χ1v) is 13.3. The van der Waals surface area contributed by atoms with Crippen molar-refractivity contribution in [2.75, 3.05) is 5.32 Å². The number of nitrogens with one attached hydrogen (secondary N) is 1. The molecule has 0 unspecified atom stereocenters. The van der Waals surface area contributed by atoms with Gasteiger partial charge < -0.3 is 9.88 Å². The summed E-state index contributed by atoms with van der Waals surface area (Å²) in [6, 6.07) is 26.2. The van der Waals surface area contributed by atoms with Crippen LogP contribution in [0.4, 0.5) is 10.1 Å². The number of hydrogen-bond acceptors (Lipinski definition) is 1. The largest absolute Gasteiger partial charge is 0.343 e. The number of nitrogens with zero attached hydrogens (tertiary/aromatic N) is 1. The Bertz CT molecular complexity index is 1270. The van der Waals surface area contributed by atoms with E-state index in [1.165, 1.54) is 12.1 Å². The molecule has 194 valence electrons. The highest BCUT2D eigenvalue weighted by Crippen LogP contribution is 2.42. The average Bonchev–Trinajstić information content (AvgIpc) is 3.26. The van der Waals surface area contributed by atoms with E-state index >= 15 is 0 Å². The van der Waals surface area contributed by atoms with Crippen LogP contribution in [0.1, 0.15) is 69.9 Å².